The zero-order valence-corrected chi connectivity index (χ0v) is 15.9. The van der Waals surface area contributed by atoms with Gasteiger partial charge < -0.3 is 16.2 Å². The Balaban J connectivity index is 1.40. The monoisotopic (exact) mass is 389 g/mol. The van der Waals surface area contributed by atoms with Crippen LogP contribution in [0, 0.1) is 0 Å². The van der Waals surface area contributed by atoms with Crippen molar-refractivity contribution in [3.05, 3.63) is 82.9 Å². The summed E-state index contributed by atoms with van der Waals surface area (Å²) in [6, 6.07) is 21.7. The van der Waals surface area contributed by atoms with Gasteiger partial charge in [-0.1, -0.05) is 53.8 Å². The van der Waals surface area contributed by atoms with Crippen LogP contribution in [0.1, 0.15) is 16.1 Å². The Labute approximate surface area is 166 Å². The van der Waals surface area contributed by atoms with E-state index in [9.17, 15) is 0 Å². The van der Waals surface area contributed by atoms with Crippen LogP contribution in [0.15, 0.2) is 66.7 Å². The summed E-state index contributed by atoms with van der Waals surface area (Å²) in [7, 11) is 0. The zero-order valence-electron chi connectivity index (χ0n) is 15.1. The second-order valence-electron chi connectivity index (χ2n) is 6.26. The van der Waals surface area contributed by atoms with Crippen LogP contribution >= 0.6 is 11.3 Å². The average Bonchev–Trinajstić information content (AvgIpc) is 3.16. The zero-order chi connectivity index (χ0) is 19.3. The SMILES string of the molecule is Nc1ccc(-c2nnc(Cc3ccc(OCc4ccccc4)cc3)s2)c(N)n1. The van der Waals surface area contributed by atoms with E-state index < -0.39 is 0 Å². The van der Waals surface area contributed by atoms with Crippen molar-refractivity contribution in [2.45, 2.75) is 13.0 Å². The van der Waals surface area contributed by atoms with E-state index in [-0.39, 0.29) is 0 Å². The molecule has 0 saturated carbocycles. The summed E-state index contributed by atoms with van der Waals surface area (Å²) in [5.41, 5.74) is 14.6. The number of ether oxygens (including phenoxy) is 1. The van der Waals surface area contributed by atoms with Gasteiger partial charge in [0.25, 0.3) is 0 Å². The lowest BCUT2D eigenvalue weighted by Gasteiger charge is -2.07. The van der Waals surface area contributed by atoms with Crippen molar-refractivity contribution in [3.8, 4) is 16.3 Å². The summed E-state index contributed by atoms with van der Waals surface area (Å²) in [6.45, 7) is 0.553. The lowest BCUT2D eigenvalue weighted by atomic mass is 10.1. The van der Waals surface area contributed by atoms with Crippen LogP contribution in [0.4, 0.5) is 11.6 Å². The molecule has 0 aliphatic heterocycles. The normalized spacial score (nSPS) is 10.7. The third-order valence-corrected chi connectivity index (χ3v) is 5.13. The van der Waals surface area contributed by atoms with Crippen molar-refractivity contribution in [1.29, 1.82) is 0 Å². The van der Waals surface area contributed by atoms with Gasteiger partial charge in [-0.2, -0.15) is 0 Å². The van der Waals surface area contributed by atoms with E-state index >= 15 is 0 Å². The first-order chi connectivity index (χ1) is 13.7. The highest BCUT2D eigenvalue weighted by Gasteiger charge is 2.11. The molecule has 0 fully saturated rings. The fourth-order valence-electron chi connectivity index (χ4n) is 2.72. The highest BCUT2D eigenvalue weighted by molar-refractivity contribution is 7.14. The Bertz CT molecular complexity index is 1060. The third kappa shape index (κ3) is 4.27. The van der Waals surface area contributed by atoms with Gasteiger partial charge in [0.15, 0.2) is 5.01 Å². The third-order valence-electron chi connectivity index (χ3n) is 4.17. The second kappa shape index (κ2) is 8.06. The number of hydrogen-bond donors (Lipinski definition) is 2. The average molecular weight is 389 g/mol. The van der Waals surface area contributed by atoms with Crippen molar-refractivity contribution in [2.75, 3.05) is 11.5 Å². The van der Waals surface area contributed by atoms with Gasteiger partial charge in [0.1, 0.15) is 29.0 Å². The first kappa shape index (κ1) is 17.9. The number of nitrogens with zero attached hydrogens (tertiary/aromatic N) is 3. The quantitative estimate of drug-likeness (QED) is 0.518. The fraction of sp³-hybridized carbons (Fsp3) is 0.0952. The topological polar surface area (TPSA) is 99.9 Å². The summed E-state index contributed by atoms with van der Waals surface area (Å²) >= 11 is 1.50. The number of anilines is 2. The molecule has 2 aromatic carbocycles. The van der Waals surface area contributed by atoms with Gasteiger partial charge in [0.2, 0.25) is 0 Å². The van der Waals surface area contributed by atoms with Gasteiger partial charge >= 0.3 is 0 Å². The molecule has 6 nitrogen and oxygen atoms in total. The first-order valence-electron chi connectivity index (χ1n) is 8.78. The largest absolute Gasteiger partial charge is 0.489 e. The number of hydrogen-bond acceptors (Lipinski definition) is 7. The van der Waals surface area contributed by atoms with Crippen molar-refractivity contribution < 1.29 is 4.74 Å². The molecule has 0 atom stereocenters. The first-order valence-corrected chi connectivity index (χ1v) is 9.59. The molecular formula is C21H19N5OS. The molecule has 2 aromatic heterocycles. The van der Waals surface area contributed by atoms with Crippen LogP contribution < -0.4 is 16.2 Å². The van der Waals surface area contributed by atoms with Gasteiger partial charge in [0, 0.05) is 6.42 Å². The van der Waals surface area contributed by atoms with E-state index in [2.05, 4.69) is 15.2 Å². The molecule has 0 amide bonds. The fourth-order valence-corrected chi connectivity index (χ4v) is 3.63. The van der Waals surface area contributed by atoms with Gasteiger partial charge in [-0.25, -0.2) is 4.98 Å². The highest BCUT2D eigenvalue weighted by Crippen LogP contribution is 2.29. The Morgan fingerprint density at radius 1 is 0.821 bits per heavy atom. The van der Waals surface area contributed by atoms with Crippen LogP contribution in [0.25, 0.3) is 10.6 Å². The van der Waals surface area contributed by atoms with Crippen LogP contribution in [0.2, 0.25) is 0 Å². The minimum atomic E-state index is 0.364. The summed E-state index contributed by atoms with van der Waals surface area (Å²) < 4.78 is 5.83. The van der Waals surface area contributed by atoms with Crippen molar-refractivity contribution in [1.82, 2.24) is 15.2 Å². The number of aromatic nitrogens is 3. The Morgan fingerprint density at radius 3 is 2.36 bits per heavy atom. The molecule has 140 valence electrons. The Morgan fingerprint density at radius 2 is 1.61 bits per heavy atom. The van der Waals surface area contributed by atoms with E-state index in [1.54, 1.807) is 6.07 Å². The molecule has 2 heterocycles. The van der Waals surface area contributed by atoms with Gasteiger partial charge in [-0.15, -0.1) is 10.2 Å². The molecule has 0 unspecified atom stereocenters. The number of pyridine rings is 1. The number of nitrogens with two attached hydrogens (primary N) is 2. The maximum atomic E-state index is 5.94. The lowest BCUT2D eigenvalue weighted by molar-refractivity contribution is 0.306. The van der Waals surface area contributed by atoms with Gasteiger partial charge in [-0.3, -0.25) is 0 Å². The van der Waals surface area contributed by atoms with Gasteiger partial charge in [0.05, 0.1) is 5.56 Å². The maximum absolute atomic E-state index is 5.94. The van der Waals surface area contributed by atoms with E-state index in [0.717, 1.165) is 32.5 Å². The van der Waals surface area contributed by atoms with Crippen LogP contribution in [0.3, 0.4) is 0 Å². The molecule has 28 heavy (non-hydrogen) atoms. The molecule has 0 spiro atoms. The van der Waals surface area contributed by atoms with E-state index in [1.807, 2.05) is 60.7 Å². The second-order valence-corrected chi connectivity index (χ2v) is 7.33. The molecule has 0 aliphatic carbocycles. The van der Waals surface area contributed by atoms with E-state index in [4.69, 9.17) is 16.2 Å². The number of nitrogen functional groups attached to an aromatic ring is 2. The summed E-state index contributed by atoms with van der Waals surface area (Å²) in [5, 5.41) is 10.2. The predicted molar refractivity (Wildman–Crippen MR) is 112 cm³/mol. The molecule has 4 N–H and O–H groups in total. The minimum absolute atomic E-state index is 0.364. The summed E-state index contributed by atoms with van der Waals surface area (Å²) in [4.78, 5) is 4.07. The molecular weight excluding hydrogens is 370 g/mol. The molecule has 7 heteroatoms. The van der Waals surface area contributed by atoms with E-state index in [1.165, 1.54) is 11.3 Å². The number of rotatable bonds is 6. The lowest BCUT2D eigenvalue weighted by Crippen LogP contribution is -1.97. The minimum Gasteiger partial charge on any atom is -0.489 e. The Kier molecular flexibility index (Phi) is 5.16. The molecule has 0 aliphatic rings. The van der Waals surface area contributed by atoms with E-state index in [0.29, 0.717) is 24.7 Å². The van der Waals surface area contributed by atoms with Crippen molar-refractivity contribution >= 4 is 23.0 Å². The van der Waals surface area contributed by atoms with Crippen LogP contribution in [-0.2, 0) is 13.0 Å². The predicted octanol–water partition coefficient (Wildman–Crippen LogP) is 3.93. The number of benzene rings is 2. The molecule has 0 radical (unpaired) electrons. The van der Waals surface area contributed by atoms with Gasteiger partial charge in [-0.05, 0) is 35.4 Å². The molecule has 0 saturated heterocycles. The van der Waals surface area contributed by atoms with Crippen molar-refractivity contribution in [2.24, 2.45) is 0 Å². The molecule has 4 aromatic rings. The Hall–Kier alpha value is -3.45. The standard InChI is InChI=1S/C21H19N5OS/c22-18-11-10-17(20(23)24-18)21-26-25-19(28-21)12-14-6-8-16(9-7-14)27-13-15-4-2-1-3-5-15/h1-11H,12-13H2,(H4,22,23,24). The molecule has 0 bridgehead atoms. The molecule has 4 rings (SSSR count). The maximum Gasteiger partial charge on any atom is 0.151 e. The van der Waals surface area contributed by atoms with Crippen LogP contribution in [0.5, 0.6) is 5.75 Å². The summed E-state index contributed by atoms with van der Waals surface area (Å²) in [5.74, 6) is 1.59. The summed E-state index contributed by atoms with van der Waals surface area (Å²) in [6.07, 6.45) is 0.693. The smallest absolute Gasteiger partial charge is 0.151 e. The van der Waals surface area contributed by atoms with Crippen molar-refractivity contribution in [3.63, 3.8) is 0 Å². The highest BCUT2D eigenvalue weighted by atomic mass is 32.1. The van der Waals surface area contributed by atoms with Crippen LogP contribution in [-0.4, -0.2) is 15.2 Å².